The zero-order valence-electron chi connectivity index (χ0n) is 12.5. The molecule has 1 N–H and O–H groups in total. The highest BCUT2D eigenvalue weighted by molar-refractivity contribution is 6.01. The van der Waals surface area contributed by atoms with Gasteiger partial charge in [0.1, 0.15) is 16.9 Å². The Balaban J connectivity index is 2.15. The van der Waals surface area contributed by atoms with E-state index in [-0.39, 0.29) is 27.7 Å². The standard InChI is InChI=1S/C17H11F3N2O2/c1-2-8-3-4-11(10(18)7-8)22-15-13(20)12(19)9-5-6-24-16(9)14(15)21-17(22)23/h3-7H,2H2,1H3,(H,21,23). The van der Waals surface area contributed by atoms with Crippen molar-refractivity contribution in [3.8, 4) is 5.69 Å². The third-order valence-corrected chi connectivity index (χ3v) is 4.09. The summed E-state index contributed by atoms with van der Waals surface area (Å²) in [5.41, 5.74) is -0.612. The molecular weight excluding hydrogens is 321 g/mol. The molecule has 0 unspecified atom stereocenters. The number of halogens is 3. The lowest BCUT2D eigenvalue weighted by atomic mass is 10.1. The zero-order chi connectivity index (χ0) is 17.0. The molecule has 2 aromatic heterocycles. The average Bonchev–Trinajstić information content (AvgIpc) is 3.17. The van der Waals surface area contributed by atoms with Crippen LogP contribution in [-0.2, 0) is 6.42 Å². The van der Waals surface area contributed by atoms with Gasteiger partial charge in [-0.1, -0.05) is 13.0 Å². The number of hydrogen-bond donors (Lipinski definition) is 1. The Morgan fingerprint density at radius 2 is 1.96 bits per heavy atom. The summed E-state index contributed by atoms with van der Waals surface area (Å²) in [6, 6.07) is 5.52. The molecule has 0 aliphatic carbocycles. The Morgan fingerprint density at radius 3 is 2.67 bits per heavy atom. The second-order valence-electron chi connectivity index (χ2n) is 5.42. The van der Waals surface area contributed by atoms with Gasteiger partial charge in [-0.15, -0.1) is 0 Å². The minimum absolute atomic E-state index is 0.00494. The van der Waals surface area contributed by atoms with Crippen LogP contribution in [0.25, 0.3) is 27.7 Å². The van der Waals surface area contributed by atoms with E-state index in [0.29, 0.717) is 6.42 Å². The lowest BCUT2D eigenvalue weighted by molar-refractivity contribution is 0.520. The van der Waals surface area contributed by atoms with Crippen molar-refractivity contribution in [3.63, 3.8) is 0 Å². The van der Waals surface area contributed by atoms with Gasteiger partial charge in [0.05, 0.1) is 17.3 Å². The number of imidazole rings is 1. The summed E-state index contributed by atoms with van der Waals surface area (Å²) in [5.74, 6) is -3.09. The summed E-state index contributed by atoms with van der Waals surface area (Å²) in [5, 5.41) is -0.0878. The van der Waals surface area contributed by atoms with Crippen LogP contribution in [0, 0.1) is 17.5 Å². The molecule has 4 aromatic rings. The number of rotatable bonds is 2. The number of nitrogens with one attached hydrogen (secondary N) is 1. The smallest absolute Gasteiger partial charge is 0.331 e. The van der Waals surface area contributed by atoms with E-state index >= 15 is 0 Å². The van der Waals surface area contributed by atoms with Crippen molar-refractivity contribution in [1.29, 1.82) is 0 Å². The van der Waals surface area contributed by atoms with Gasteiger partial charge in [0.15, 0.2) is 17.2 Å². The Morgan fingerprint density at radius 1 is 1.17 bits per heavy atom. The highest BCUT2D eigenvalue weighted by Crippen LogP contribution is 2.31. The Hall–Kier alpha value is -2.96. The first-order chi connectivity index (χ1) is 11.5. The lowest BCUT2D eigenvalue weighted by Gasteiger charge is -2.08. The molecule has 122 valence electrons. The topological polar surface area (TPSA) is 50.9 Å². The van der Waals surface area contributed by atoms with E-state index in [2.05, 4.69) is 4.98 Å². The molecule has 0 aliphatic rings. The largest absolute Gasteiger partial charge is 0.462 e. The minimum atomic E-state index is -1.24. The molecule has 7 heteroatoms. The molecule has 4 nitrogen and oxygen atoms in total. The van der Waals surface area contributed by atoms with Crippen LogP contribution in [0.4, 0.5) is 13.2 Å². The van der Waals surface area contributed by atoms with Crippen LogP contribution in [0.15, 0.2) is 39.7 Å². The summed E-state index contributed by atoms with van der Waals surface area (Å²) >= 11 is 0. The number of furan rings is 1. The number of aryl methyl sites for hydroxylation is 1. The molecule has 2 aromatic carbocycles. The SMILES string of the molecule is CCc1ccc(-n2c(=O)[nH]c3c4occc4c(F)c(F)c32)c(F)c1. The van der Waals surface area contributed by atoms with Crippen molar-refractivity contribution in [2.24, 2.45) is 0 Å². The second kappa shape index (κ2) is 5.02. The van der Waals surface area contributed by atoms with E-state index in [1.807, 2.05) is 6.92 Å². The van der Waals surface area contributed by atoms with Crippen LogP contribution in [0.1, 0.15) is 12.5 Å². The number of H-pyrrole nitrogens is 1. The van der Waals surface area contributed by atoms with Crippen LogP contribution in [0.2, 0.25) is 0 Å². The number of fused-ring (bicyclic) bond motifs is 3. The monoisotopic (exact) mass is 332 g/mol. The first-order valence-corrected chi connectivity index (χ1v) is 7.30. The molecule has 0 saturated carbocycles. The van der Waals surface area contributed by atoms with Crippen molar-refractivity contribution >= 4 is 22.0 Å². The fourth-order valence-electron chi connectivity index (χ4n) is 2.89. The minimum Gasteiger partial charge on any atom is -0.462 e. The van der Waals surface area contributed by atoms with Gasteiger partial charge in [-0.05, 0) is 30.2 Å². The Bertz CT molecular complexity index is 1150. The summed E-state index contributed by atoms with van der Waals surface area (Å²) in [4.78, 5) is 14.7. The molecule has 0 aliphatic heterocycles. The fraction of sp³-hybridized carbons (Fsp3) is 0.118. The van der Waals surface area contributed by atoms with Crippen molar-refractivity contribution in [3.05, 3.63) is 64.0 Å². The maximum Gasteiger partial charge on any atom is 0.331 e. The van der Waals surface area contributed by atoms with E-state index in [4.69, 9.17) is 4.42 Å². The van der Waals surface area contributed by atoms with Crippen molar-refractivity contribution in [1.82, 2.24) is 9.55 Å². The maximum atomic E-state index is 14.5. The zero-order valence-corrected chi connectivity index (χ0v) is 12.5. The van der Waals surface area contributed by atoms with Gasteiger partial charge in [-0.2, -0.15) is 0 Å². The normalized spacial score (nSPS) is 11.7. The van der Waals surface area contributed by atoms with Gasteiger partial charge in [-0.25, -0.2) is 18.0 Å². The van der Waals surface area contributed by atoms with E-state index in [9.17, 15) is 18.0 Å². The Labute approximate surface area is 133 Å². The third-order valence-electron chi connectivity index (χ3n) is 4.09. The third kappa shape index (κ3) is 1.84. The van der Waals surface area contributed by atoms with E-state index < -0.39 is 23.1 Å². The molecule has 0 atom stereocenters. The van der Waals surface area contributed by atoms with E-state index in [1.54, 1.807) is 6.07 Å². The van der Waals surface area contributed by atoms with E-state index in [1.165, 1.54) is 24.5 Å². The predicted octanol–water partition coefficient (Wildman–Crippen LogP) is 4.04. The van der Waals surface area contributed by atoms with Gasteiger partial charge in [-0.3, -0.25) is 4.57 Å². The van der Waals surface area contributed by atoms with Gasteiger partial charge in [0.2, 0.25) is 0 Å². The number of hydrogen-bond acceptors (Lipinski definition) is 2. The molecule has 2 heterocycles. The van der Waals surface area contributed by atoms with Crippen molar-refractivity contribution < 1.29 is 17.6 Å². The fourth-order valence-corrected chi connectivity index (χ4v) is 2.89. The molecule has 4 rings (SSSR count). The number of benzene rings is 2. The van der Waals surface area contributed by atoms with Crippen molar-refractivity contribution in [2.45, 2.75) is 13.3 Å². The van der Waals surface area contributed by atoms with Crippen LogP contribution < -0.4 is 5.69 Å². The molecule has 0 bridgehead atoms. The first-order valence-electron chi connectivity index (χ1n) is 7.30. The van der Waals surface area contributed by atoms with Crippen LogP contribution in [0.5, 0.6) is 0 Å². The van der Waals surface area contributed by atoms with E-state index in [0.717, 1.165) is 10.1 Å². The van der Waals surface area contributed by atoms with Crippen LogP contribution >= 0.6 is 0 Å². The first kappa shape index (κ1) is 14.6. The molecule has 0 amide bonds. The summed E-state index contributed by atoms with van der Waals surface area (Å²) < 4.78 is 49.1. The highest BCUT2D eigenvalue weighted by atomic mass is 19.2. The van der Waals surface area contributed by atoms with Gasteiger partial charge in [0, 0.05) is 0 Å². The Kier molecular flexibility index (Phi) is 3.06. The number of nitrogens with zero attached hydrogens (tertiary/aromatic N) is 1. The maximum absolute atomic E-state index is 14.5. The number of aromatic nitrogens is 2. The molecule has 24 heavy (non-hydrogen) atoms. The second-order valence-corrected chi connectivity index (χ2v) is 5.42. The predicted molar refractivity (Wildman–Crippen MR) is 82.9 cm³/mol. The van der Waals surface area contributed by atoms with Gasteiger partial charge >= 0.3 is 5.69 Å². The summed E-state index contributed by atoms with van der Waals surface area (Å²) in [6.07, 6.45) is 1.80. The van der Waals surface area contributed by atoms with Gasteiger partial charge in [0.25, 0.3) is 0 Å². The molecule has 0 radical (unpaired) electrons. The van der Waals surface area contributed by atoms with Gasteiger partial charge < -0.3 is 9.40 Å². The quantitative estimate of drug-likeness (QED) is 0.602. The highest BCUT2D eigenvalue weighted by Gasteiger charge is 2.24. The van der Waals surface area contributed by atoms with Crippen molar-refractivity contribution in [2.75, 3.05) is 0 Å². The molecule has 0 saturated heterocycles. The molecular formula is C17H11F3N2O2. The molecule has 0 fully saturated rings. The number of aromatic amines is 1. The lowest BCUT2D eigenvalue weighted by Crippen LogP contribution is -2.16. The average molecular weight is 332 g/mol. The molecule has 0 spiro atoms. The summed E-state index contributed by atoms with van der Waals surface area (Å²) in [6.45, 7) is 1.86. The van der Waals surface area contributed by atoms with Crippen LogP contribution in [-0.4, -0.2) is 9.55 Å². The summed E-state index contributed by atoms with van der Waals surface area (Å²) in [7, 11) is 0. The van der Waals surface area contributed by atoms with Crippen LogP contribution in [0.3, 0.4) is 0 Å².